The molecule has 4 aromatic rings. The lowest BCUT2D eigenvalue weighted by Crippen LogP contribution is -2.33. The summed E-state index contributed by atoms with van der Waals surface area (Å²) in [6, 6.07) is 33.2. The number of carbonyl (C=O) groups is 1. The van der Waals surface area contributed by atoms with Crippen LogP contribution in [0.15, 0.2) is 114 Å². The maximum Gasteiger partial charge on any atom is 0.282 e. The highest BCUT2D eigenvalue weighted by molar-refractivity contribution is 6.33. The Balaban J connectivity index is 1.54. The summed E-state index contributed by atoms with van der Waals surface area (Å²) in [5, 5.41) is 0. The second-order valence-corrected chi connectivity index (χ2v) is 8.25. The molecule has 5 rings (SSSR count). The molecule has 0 atom stereocenters. The number of ether oxygens (including phenoxy) is 1. The van der Waals surface area contributed by atoms with Crippen molar-refractivity contribution in [3.63, 3.8) is 0 Å². The normalized spacial score (nSPS) is 14.4. The summed E-state index contributed by atoms with van der Waals surface area (Å²) in [5.41, 5.74) is 5.13. The van der Waals surface area contributed by atoms with Crippen molar-refractivity contribution < 1.29 is 9.53 Å². The first-order chi connectivity index (χ1) is 16.6. The predicted molar refractivity (Wildman–Crippen MR) is 137 cm³/mol. The Bertz CT molecular complexity index is 1410. The summed E-state index contributed by atoms with van der Waals surface area (Å²) >= 11 is 0. The molecule has 0 saturated carbocycles. The molecule has 1 aliphatic rings. The molecule has 0 bridgehead atoms. The lowest BCUT2D eigenvalue weighted by Gasteiger charge is -2.21. The zero-order valence-electron chi connectivity index (χ0n) is 19.1. The molecule has 0 spiro atoms. The van der Waals surface area contributed by atoms with Gasteiger partial charge < -0.3 is 4.74 Å². The van der Waals surface area contributed by atoms with Gasteiger partial charge in [-0.2, -0.15) is 0 Å². The minimum atomic E-state index is -0.153. The largest absolute Gasteiger partial charge is 0.457 e. The molecule has 1 heterocycles. The Labute approximate surface area is 199 Å². The van der Waals surface area contributed by atoms with Crippen LogP contribution in [0.3, 0.4) is 0 Å². The first kappa shape index (κ1) is 21.4. The van der Waals surface area contributed by atoms with Gasteiger partial charge in [0.1, 0.15) is 23.0 Å². The Morgan fingerprint density at radius 1 is 0.765 bits per heavy atom. The lowest BCUT2D eigenvalue weighted by atomic mass is 10.1. The highest BCUT2D eigenvalue weighted by atomic mass is 16.5. The van der Waals surface area contributed by atoms with E-state index in [1.54, 1.807) is 4.90 Å². The molecule has 4 aromatic carbocycles. The molecule has 0 aliphatic carbocycles. The van der Waals surface area contributed by atoms with Crippen molar-refractivity contribution in [2.24, 2.45) is 4.99 Å². The Kier molecular flexibility index (Phi) is 5.79. The first-order valence-corrected chi connectivity index (χ1v) is 11.2. The third-order valence-electron chi connectivity index (χ3n) is 5.63. The number of nitrogens with zero attached hydrogens (tertiary/aromatic N) is 2. The minimum Gasteiger partial charge on any atom is -0.457 e. The average Bonchev–Trinajstić information content (AvgIpc) is 3.16. The number of aryl methyl sites for hydroxylation is 2. The molecule has 0 unspecified atom stereocenters. The monoisotopic (exact) mass is 444 g/mol. The Hall–Kier alpha value is -4.44. The fourth-order valence-electron chi connectivity index (χ4n) is 4.03. The van der Waals surface area contributed by atoms with Crippen LogP contribution >= 0.6 is 0 Å². The van der Waals surface area contributed by atoms with E-state index in [9.17, 15) is 4.79 Å². The second kappa shape index (κ2) is 9.20. The SMILES string of the molecule is Cc1ccc(N2C(=O)/C(=C\c3cccc(Oc4ccccc4)c3)N=C2c2ccccc2)c(C)c1. The quantitative estimate of drug-likeness (QED) is 0.313. The van der Waals surface area contributed by atoms with Crippen LogP contribution in [0.1, 0.15) is 22.3 Å². The summed E-state index contributed by atoms with van der Waals surface area (Å²) in [6.07, 6.45) is 1.81. The summed E-state index contributed by atoms with van der Waals surface area (Å²) in [7, 11) is 0. The van der Waals surface area contributed by atoms with Crippen LogP contribution in [-0.4, -0.2) is 11.7 Å². The molecule has 166 valence electrons. The van der Waals surface area contributed by atoms with Crippen molar-refractivity contribution in [3.8, 4) is 11.5 Å². The zero-order chi connectivity index (χ0) is 23.5. The van der Waals surface area contributed by atoms with E-state index < -0.39 is 0 Å². The van der Waals surface area contributed by atoms with Gasteiger partial charge in [-0.25, -0.2) is 4.99 Å². The number of hydrogen-bond donors (Lipinski definition) is 0. The molecule has 0 N–H and O–H groups in total. The molecular weight excluding hydrogens is 420 g/mol. The molecule has 0 fully saturated rings. The van der Waals surface area contributed by atoms with Crippen molar-refractivity contribution >= 4 is 23.5 Å². The number of carbonyl (C=O) groups excluding carboxylic acids is 1. The van der Waals surface area contributed by atoms with Crippen LogP contribution in [0, 0.1) is 13.8 Å². The van der Waals surface area contributed by atoms with Gasteiger partial charge in [-0.1, -0.05) is 78.4 Å². The third kappa shape index (κ3) is 4.39. The average molecular weight is 445 g/mol. The smallest absolute Gasteiger partial charge is 0.282 e. The number of rotatable bonds is 5. The number of amides is 1. The second-order valence-electron chi connectivity index (χ2n) is 8.25. The van der Waals surface area contributed by atoms with Crippen molar-refractivity contribution in [2.45, 2.75) is 13.8 Å². The van der Waals surface area contributed by atoms with E-state index in [0.717, 1.165) is 33.7 Å². The van der Waals surface area contributed by atoms with Gasteiger partial charge in [0.15, 0.2) is 0 Å². The number of para-hydroxylation sites is 1. The molecule has 4 heteroatoms. The van der Waals surface area contributed by atoms with E-state index in [1.807, 2.05) is 117 Å². The van der Waals surface area contributed by atoms with Gasteiger partial charge in [0.05, 0.1) is 5.69 Å². The molecule has 1 aliphatic heterocycles. The van der Waals surface area contributed by atoms with E-state index in [2.05, 4.69) is 6.07 Å². The van der Waals surface area contributed by atoms with Gasteiger partial charge in [0, 0.05) is 5.56 Å². The molecule has 1 amide bonds. The number of amidine groups is 1. The van der Waals surface area contributed by atoms with Gasteiger partial charge in [0.25, 0.3) is 5.91 Å². The summed E-state index contributed by atoms with van der Waals surface area (Å²) in [4.78, 5) is 20.1. The number of hydrogen-bond acceptors (Lipinski definition) is 3. The number of aliphatic imine (C=N–C) groups is 1. The molecule has 0 aromatic heterocycles. The van der Waals surface area contributed by atoms with Crippen LogP contribution in [0.2, 0.25) is 0 Å². The van der Waals surface area contributed by atoms with Gasteiger partial charge in [-0.3, -0.25) is 9.69 Å². The molecular formula is C30H24N2O2. The van der Waals surface area contributed by atoms with Gasteiger partial charge in [-0.15, -0.1) is 0 Å². The highest BCUT2D eigenvalue weighted by Gasteiger charge is 2.33. The van der Waals surface area contributed by atoms with E-state index in [1.165, 1.54) is 0 Å². The minimum absolute atomic E-state index is 0.153. The van der Waals surface area contributed by atoms with E-state index in [4.69, 9.17) is 9.73 Å². The third-order valence-corrected chi connectivity index (χ3v) is 5.63. The first-order valence-electron chi connectivity index (χ1n) is 11.2. The van der Waals surface area contributed by atoms with Gasteiger partial charge >= 0.3 is 0 Å². The summed E-state index contributed by atoms with van der Waals surface area (Å²) in [6.45, 7) is 4.06. The highest BCUT2D eigenvalue weighted by Crippen LogP contribution is 2.31. The summed E-state index contributed by atoms with van der Waals surface area (Å²) in [5.74, 6) is 1.93. The molecule has 0 saturated heterocycles. The van der Waals surface area contributed by atoms with E-state index >= 15 is 0 Å². The molecule has 4 nitrogen and oxygen atoms in total. The maximum atomic E-state index is 13.6. The summed E-state index contributed by atoms with van der Waals surface area (Å²) < 4.78 is 5.96. The molecule has 34 heavy (non-hydrogen) atoms. The van der Waals surface area contributed by atoms with Gasteiger partial charge in [0.2, 0.25) is 0 Å². The number of anilines is 1. The fraction of sp³-hybridized carbons (Fsp3) is 0.0667. The van der Waals surface area contributed by atoms with Crippen LogP contribution in [0.4, 0.5) is 5.69 Å². The van der Waals surface area contributed by atoms with Crippen LogP contribution in [0.25, 0.3) is 6.08 Å². The standard InChI is InChI=1S/C30H24N2O2/c1-21-16-17-28(22(2)18-21)32-29(24-11-5-3-6-12-24)31-27(30(32)33)20-23-10-9-15-26(19-23)34-25-13-7-4-8-14-25/h3-20H,1-2H3/b27-20+. The molecule has 0 radical (unpaired) electrons. The lowest BCUT2D eigenvalue weighted by molar-refractivity contribution is -0.113. The van der Waals surface area contributed by atoms with Crippen molar-refractivity contribution in [1.82, 2.24) is 0 Å². The predicted octanol–water partition coefficient (Wildman–Crippen LogP) is 6.93. The van der Waals surface area contributed by atoms with Crippen molar-refractivity contribution in [3.05, 3.63) is 131 Å². The van der Waals surface area contributed by atoms with Crippen LogP contribution < -0.4 is 9.64 Å². The zero-order valence-corrected chi connectivity index (χ0v) is 19.1. The van der Waals surface area contributed by atoms with Crippen LogP contribution in [0.5, 0.6) is 11.5 Å². The van der Waals surface area contributed by atoms with Crippen molar-refractivity contribution in [1.29, 1.82) is 0 Å². The van der Waals surface area contributed by atoms with Crippen LogP contribution in [-0.2, 0) is 4.79 Å². The van der Waals surface area contributed by atoms with Gasteiger partial charge in [-0.05, 0) is 61.4 Å². The topological polar surface area (TPSA) is 41.9 Å². The Morgan fingerprint density at radius 2 is 1.47 bits per heavy atom. The Morgan fingerprint density at radius 3 is 2.21 bits per heavy atom. The van der Waals surface area contributed by atoms with Crippen molar-refractivity contribution in [2.75, 3.05) is 4.90 Å². The van der Waals surface area contributed by atoms with E-state index in [0.29, 0.717) is 17.3 Å². The maximum absolute atomic E-state index is 13.6. The van der Waals surface area contributed by atoms with E-state index in [-0.39, 0.29) is 5.91 Å². The number of benzene rings is 4. The fourth-order valence-corrected chi connectivity index (χ4v) is 4.03.